The molecular weight excluding hydrogens is 344 g/mol. The molecule has 0 saturated carbocycles. The van der Waals surface area contributed by atoms with Gasteiger partial charge in [0.15, 0.2) is 10.8 Å². The molecule has 7 nitrogen and oxygen atoms in total. The number of aryl methyl sites for hydroxylation is 1. The molecule has 0 atom stereocenters. The van der Waals surface area contributed by atoms with Gasteiger partial charge in [0.05, 0.1) is 10.6 Å². The number of aromatic nitrogens is 4. The number of hydrogen-bond donors (Lipinski definition) is 1. The average molecular weight is 356 g/mol. The highest BCUT2D eigenvalue weighted by molar-refractivity contribution is 7.98. The fourth-order valence-electron chi connectivity index (χ4n) is 1.99. The van der Waals surface area contributed by atoms with Crippen molar-refractivity contribution in [3.8, 4) is 6.07 Å². The van der Waals surface area contributed by atoms with Crippen molar-refractivity contribution in [2.75, 3.05) is 11.6 Å². The van der Waals surface area contributed by atoms with E-state index in [9.17, 15) is 10.1 Å². The molecule has 0 radical (unpaired) electrons. The maximum absolute atomic E-state index is 12.3. The Bertz CT molecular complexity index is 968. The molecule has 0 aliphatic heterocycles. The molecule has 0 unspecified atom stereocenters. The first-order valence-corrected chi connectivity index (χ1v) is 8.96. The van der Waals surface area contributed by atoms with Gasteiger partial charge in [0.2, 0.25) is 11.7 Å². The Morgan fingerprint density at radius 3 is 3.00 bits per heavy atom. The highest BCUT2D eigenvalue weighted by Gasteiger charge is 2.14. The highest BCUT2D eigenvalue weighted by Crippen LogP contribution is 2.17. The summed E-state index contributed by atoms with van der Waals surface area (Å²) in [5.41, 5.74) is 1.44. The van der Waals surface area contributed by atoms with Crippen LogP contribution in [0.5, 0.6) is 0 Å². The van der Waals surface area contributed by atoms with Crippen molar-refractivity contribution < 1.29 is 4.79 Å². The SMILES string of the molecule is CSc1nc(N/C=C(\C#N)C(=O)c2cccs2)n2nc(C)cc2n1. The van der Waals surface area contributed by atoms with Gasteiger partial charge in [0.1, 0.15) is 11.6 Å². The number of hydrogen-bond acceptors (Lipinski definition) is 8. The first-order valence-electron chi connectivity index (χ1n) is 6.86. The van der Waals surface area contributed by atoms with E-state index in [0.717, 1.165) is 5.69 Å². The number of thiophene rings is 1. The quantitative estimate of drug-likeness (QED) is 0.325. The molecule has 3 rings (SSSR count). The van der Waals surface area contributed by atoms with Crippen LogP contribution in [0.15, 0.2) is 40.5 Å². The molecule has 0 aliphatic rings. The van der Waals surface area contributed by atoms with E-state index in [1.807, 2.05) is 25.3 Å². The summed E-state index contributed by atoms with van der Waals surface area (Å²) in [6.07, 6.45) is 3.22. The molecule has 0 aromatic carbocycles. The number of carbonyl (C=O) groups excluding carboxylic acids is 1. The van der Waals surface area contributed by atoms with E-state index in [4.69, 9.17) is 0 Å². The van der Waals surface area contributed by atoms with Gasteiger partial charge < -0.3 is 5.32 Å². The van der Waals surface area contributed by atoms with Gasteiger partial charge in [0.25, 0.3) is 0 Å². The zero-order valence-electron chi connectivity index (χ0n) is 12.8. The van der Waals surface area contributed by atoms with Crippen LogP contribution in [0.1, 0.15) is 15.4 Å². The van der Waals surface area contributed by atoms with E-state index in [1.54, 1.807) is 17.5 Å². The summed E-state index contributed by atoms with van der Waals surface area (Å²) in [7, 11) is 0. The third-order valence-electron chi connectivity index (χ3n) is 3.06. The normalized spacial score (nSPS) is 11.5. The summed E-state index contributed by atoms with van der Waals surface area (Å²) in [4.78, 5) is 21.5. The number of Topliss-reactive ketones (excluding diaryl/α,β-unsaturated/α-hetero) is 1. The Labute approximate surface area is 146 Å². The van der Waals surface area contributed by atoms with E-state index in [1.165, 1.54) is 33.8 Å². The molecule has 9 heteroatoms. The maximum Gasteiger partial charge on any atom is 0.232 e. The fraction of sp³-hybridized carbons (Fsp3) is 0.133. The summed E-state index contributed by atoms with van der Waals surface area (Å²) in [5, 5.41) is 18.8. The molecule has 3 aromatic rings. The van der Waals surface area contributed by atoms with Gasteiger partial charge in [-0.15, -0.1) is 11.3 Å². The van der Waals surface area contributed by atoms with Crippen LogP contribution in [-0.2, 0) is 0 Å². The fourth-order valence-corrected chi connectivity index (χ4v) is 3.03. The van der Waals surface area contributed by atoms with Crippen molar-refractivity contribution in [2.24, 2.45) is 0 Å². The average Bonchev–Trinajstić information content (AvgIpc) is 3.23. The summed E-state index contributed by atoms with van der Waals surface area (Å²) >= 11 is 2.69. The Morgan fingerprint density at radius 2 is 2.33 bits per heavy atom. The molecule has 0 amide bonds. The number of nitrogens with one attached hydrogen (secondary N) is 1. The number of anilines is 1. The lowest BCUT2D eigenvalue weighted by Gasteiger charge is -2.05. The number of nitriles is 1. The zero-order chi connectivity index (χ0) is 17.1. The summed E-state index contributed by atoms with van der Waals surface area (Å²) < 4.78 is 1.54. The van der Waals surface area contributed by atoms with E-state index < -0.39 is 0 Å². The Kier molecular flexibility index (Phi) is 4.59. The van der Waals surface area contributed by atoms with Crippen LogP contribution in [0.4, 0.5) is 5.95 Å². The number of ketones is 1. The van der Waals surface area contributed by atoms with Gasteiger partial charge in [-0.1, -0.05) is 17.8 Å². The number of rotatable bonds is 5. The number of thioether (sulfide) groups is 1. The van der Waals surface area contributed by atoms with Crippen LogP contribution in [0.2, 0.25) is 0 Å². The van der Waals surface area contributed by atoms with E-state index in [0.29, 0.717) is 21.6 Å². The molecule has 0 saturated heterocycles. The standard InChI is InChI=1S/C15H12N6OS2/c1-9-6-12-18-15(23-2)19-14(21(12)20-9)17-8-10(7-16)13(22)11-4-3-5-24-11/h3-6,8H,1-2H3,(H,17,18,19)/b10-8+. The van der Waals surface area contributed by atoms with Crippen molar-refractivity contribution in [1.82, 2.24) is 19.6 Å². The predicted molar refractivity (Wildman–Crippen MR) is 93.3 cm³/mol. The smallest absolute Gasteiger partial charge is 0.232 e. The number of carbonyl (C=O) groups is 1. The highest BCUT2D eigenvalue weighted by atomic mass is 32.2. The van der Waals surface area contributed by atoms with Crippen molar-refractivity contribution >= 4 is 40.5 Å². The second-order valence-electron chi connectivity index (χ2n) is 4.71. The van der Waals surface area contributed by atoms with Crippen LogP contribution < -0.4 is 5.32 Å². The molecule has 120 valence electrons. The molecular formula is C15H12N6OS2. The predicted octanol–water partition coefficient (Wildman–Crippen LogP) is 2.92. The van der Waals surface area contributed by atoms with E-state index in [-0.39, 0.29) is 11.4 Å². The molecule has 3 aromatic heterocycles. The lowest BCUT2D eigenvalue weighted by molar-refractivity contribution is 0.104. The lowest BCUT2D eigenvalue weighted by atomic mass is 10.2. The molecule has 24 heavy (non-hydrogen) atoms. The third-order valence-corrected chi connectivity index (χ3v) is 4.48. The third kappa shape index (κ3) is 3.15. The molecule has 1 N–H and O–H groups in total. The van der Waals surface area contributed by atoms with E-state index in [2.05, 4.69) is 20.4 Å². The van der Waals surface area contributed by atoms with Crippen LogP contribution in [0, 0.1) is 18.3 Å². The Hall–Kier alpha value is -2.70. The van der Waals surface area contributed by atoms with Crippen molar-refractivity contribution in [3.05, 3.63) is 45.9 Å². The van der Waals surface area contributed by atoms with Crippen LogP contribution in [0.25, 0.3) is 5.65 Å². The number of fused-ring (bicyclic) bond motifs is 1. The van der Waals surface area contributed by atoms with Gasteiger partial charge in [-0.3, -0.25) is 4.79 Å². The van der Waals surface area contributed by atoms with Crippen LogP contribution in [0.3, 0.4) is 0 Å². The van der Waals surface area contributed by atoms with Crippen LogP contribution in [-0.4, -0.2) is 31.6 Å². The number of nitrogens with zero attached hydrogens (tertiary/aromatic N) is 5. The minimum absolute atomic E-state index is 0.00112. The second kappa shape index (κ2) is 6.82. The Morgan fingerprint density at radius 1 is 1.50 bits per heavy atom. The monoisotopic (exact) mass is 356 g/mol. The van der Waals surface area contributed by atoms with Gasteiger partial charge in [0, 0.05) is 12.3 Å². The minimum atomic E-state index is -0.327. The summed E-state index contributed by atoms with van der Waals surface area (Å²) in [6.45, 7) is 1.86. The maximum atomic E-state index is 12.3. The van der Waals surface area contributed by atoms with Gasteiger partial charge >= 0.3 is 0 Å². The number of allylic oxidation sites excluding steroid dienone is 1. The lowest BCUT2D eigenvalue weighted by Crippen LogP contribution is -2.08. The zero-order valence-corrected chi connectivity index (χ0v) is 14.5. The largest absolute Gasteiger partial charge is 0.329 e. The minimum Gasteiger partial charge on any atom is -0.329 e. The summed E-state index contributed by atoms with van der Waals surface area (Å²) in [6, 6.07) is 7.21. The molecule has 0 fully saturated rings. The van der Waals surface area contributed by atoms with Gasteiger partial charge in [-0.2, -0.15) is 19.9 Å². The molecule has 0 aliphatic carbocycles. The molecule has 3 heterocycles. The van der Waals surface area contributed by atoms with Gasteiger partial charge in [-0.05, 0) is 24.6 Å². The first kappa shape index (κ1) is 16.2. The van der Waals surface area contributed by atoms with E-state index >= 15 is 0 Å². The molecule has 0 bridgehead atoms. The molecule has 0 spiro atoms. The first-order chi connectivity index (χ1) is 11.6. The summed E-state index contributed by atoms with van der Waals surface area (Å²) in [5.74, 6) is 0.0659. The second-order valence-corrected chi connectivity index (χ2v) is 6.43. The topological polar surface area (TPSA) is 96.0 Å². The van der Waals surface area contributed by atoms with Crippen LogP contribution >= 0.6 is 23.1 Å². The van der Waals surface area contributed by atoms with Gasteiger partial charge in [-0.25, -0.2) is 4.98 Å². The van der Waals surface area contributed by atoms with Crippen molar-refractivity contribution in [1.29, 1.82) is 5.26 Å². The van der Waals surface area contributed by atoms with Crippen molar-refractivity contribution in [2.45, 2.75) is 12.1 Å². The van der Waals surface area contributed by atoms with Crippen molar-refractivity contribution in [3.63, 3.8) is 0 Å². The Balaban J connectivity index is 1.96.